The van der Waals surface area contributed by atoms with Crippen LogP contribution in [0.15, 0.2) is 11.8 Å². The van der Waals surface area contributed by atoms with Crippen molar-refractivity contribution in [1.29, 1.82) is 5.41 Å². The van der Waals surface area contributed by atoms with Crippen molar-refractivity contribution in [2.75, 3.05) is 7.05 Å². The summed E-state index contributed by atoms with van der Waals surface area (Å²) in [6.07, 6.45) is 2.62. The maximum absolute atomic E-state index is 7.19. The lowest BCUT2D eigenvalue weighted by molar-refractivity contribution is 0.903. The van der Waals surface area contributed by atoms with Gasteiger partial charge in [0, 0.05) is 23.7 Å². The van der Waals surface area contributed by atoms with Crippen LogP contribution in [0.2, 0.25) is 0 Å². The molecule has 10 heavy (non-hydrogen) atoms. The molecule has 4 heteroatoms. The molecule has 0 radical (unpaired) electrons. The van der Waals surface area contributed by atoms with E-state index < -0.39 is 0 Å². The Morgan fingerprint density at radius 3 is 2.70 bits per heavy atom. The molecule has 0 amide bonds. The van der Waals surface area contributed by atoms with Crippen LogP contribution < -0.4 is 5.32 Å². The van der Waals surface area contributed by atoms with Gasteiger partial charge in [0.15, 0.2) is 0 Å². The van der Waals surface area contributed by atoms with Crippen LogP contribution in [0.5, 0.6) is 0 Å². The van der Waals surface area contributed by atoms with Gasteiger partial charge in [0.1, 0.15) is 5.04 Å². The van der Waals surface area contributed by atoms with Gasteiger partial charge in [-0.25, -0.2) is 0 Å². The standard InChI is InChI=1S/C6H11ClN2S/c1-3-5(9-2)4-6(8)10-7/h4,8-9H,3H2,1-2H3/b5-4-,8-6?. The fourth-order valence-corrected chi connectivity index (χ4v) is 0.852. The first-order valence-corrected chi connectivity index (χ1v) is 4.64. The van der Waals surface area contributed by atoms with Gasteiger partial charge in [0.05, 0.1) is 0 Å². The molecule has 0 atom stereocenters. The first kappa shape index (κ1) is 9.85. The molecule has 0 unspecified atom stereocenters. The molecule has 0 aromatic heterocycles. The minimum atomic E-state index is 0.368. The van der Waals surface area contributed by atoms with E-state index in [2.05, 4.69) is 5.32 Å². The highest BCUT2D eigenvalue weighted by Crippen LogP contribution is 2.10. The Bertz CT molecular complexity index is 139. The van der Waals surface area contributed by atoms with E-state index >= 15 is 0 Å². The first-order valence-electron chi connectivity index (χ1n) is 3.00. The number of hydrogen-bond acceptors (Lipinski definition) is 3. The highest BCUT2D eigenvalue weighted by atomic mass is 35.7. The van der Waals surface area contributed by atoms with Gasteiger partial charge in [0.2, 0.25) is 0 Å². The molecule has 0 aromatic rings. The zero-order valence-corrected chi connectivity index (χ0v) is 7.64. The second kappa shape index (κ2) is 5.62. The van der Waals surface area contributed by atoms with Gasteiger partial charge in [-0.05, 0) is 23.2 Å². The van der Waals surface area contributed by atoms with E-state index in [0.717, 1.165) is 23.1 Å². The van der Waals surface area contributed by atoms with E-state index in [1.807, 2.05) is 14.0 Å². The fourth-order valence-electron chi connectivity index (χ4n) is 0.532. The molecule has 0 fully saturated rings. The van der Waals surface area contributed by atoms with Crippen LogP contribution in [0.25, 0.3) is 0 Å². The quantitative estimate of drug-likeness (QED) is 0.514. The van der Waals surface area contributed by atoms with Crippen LogP contribution in [0.4, 0.5) is 0 Å². The summed E-state index contributed by atoms with van der Waals surface area (Å²) in [4.78, 5) is 0. The van der Waals surface area contributed by atoms with Gasteiger partial charge in [-0.2, -0.15) is 0 Å². The number of halogens is 1. The van der Waals surface area contributed by atoms with Gasteiger partial charge in [-0.15, -0.1) is 0 Å². The number of nitrogens with one attached hydrogen (secondary N) is 2. The van der Waals surface area contributed by atoms with Gasteiger partial charge in [-0.1, -0.05) is 6.92 Å². The molecule has 0 spiro atoms. The van der Waals surface area contributed by atoms with Crippen molar-refractivity contribution in [3.05, 3.63) is 11.8 Å². The monoisotopic (exact) mass is 178 g/mol. The molecule has 0 heterocycles. The minimum absolute atomic E-state index is 0.368. The zero-order chi connectivity index (χ0) is 7.98. The van der Waals surface area contributed by atoms with Crippen LogP contribution in [0.1, 0.15) is 13.3 Å². The third kappa shape index (κ3) is 3.80. The summed E-state index contributed by atoms with van der Waals surface area (Å²) in [5, 5.41) is 10.5. The van der Waals surface area contributed by atoms with Crippen LogP contribution in [0, 0.1) is 5.41 Å². The molecule has 58 valence electrons. The van der Waals surface area contributed by atoms with E-state index in [4.69, 9.17) is 16.1 Å². The van der Waals surface area contributed by atoms with Crippen LogP contribution in [0.3, 0.4) is 0 Å². The third-order valence-corrected chi connectivity index (χ3v) is 1.87. The largest absolute Gasteiger partial charge is 0.391 e. The van der Waals surface area contributed by atoms with Crippen molar-refractivity contribution >= 4 is 26.7 Å². The van der Waals surface area contributed by atoms with Gasteiger partial charge >= 0.3 is 0 Å². The maximum atomic E-state index is 7.19. The molecule has 0 bridgehead atoms. The van der Waals surface area contributed by atoms with Crippen molar-refractivity contribution in [2.24, 2.45) is 0 Å². The predicted octanol–water partition coefficient (Wildman–Crippen LogP) is 2.36. The van der Waals surface area contributed by atoms with Crippen molar-refractivity contribution < 1.29 is 0 Å². The Morgan fingerprint density at radius 1 is 1.80 bits per heavy atom. The number of rotatable bonds is 3. The van der Waals surface area contributed by atoms with Gasteiger partial charge < -0.3 is 5.32 Å². The van der Waals surface area contributed by atoms with Crippen molar-refractivity contribution in [3.8, 4) is 0 Å². The summed E-state index contributed by atoms with van der Waals surface area (Å²) in [5.41, 5.74) is 1.03. The highest BCUT2D eigenvalue weighted by Gasteiger charge is 1.92. The Morgan fingerprint density at radius 2 is 2.40 bits per heavy atom. The molecular formula is C6H11ClN2S. The Labute approximate surface area is 70.0 Å². The van der Waals surface area contributed by atoms with Gasteiger partial charge in [0.25, 0.3) is 0 Å². The summed E-state index contributed by atoms with van der Waals surface area (Å²) in [5.74, 6) is 0. The van der Waals surface area contributed by atoms with Crippen molar-refractivity contribution in [2.45, 2.75) is 13.3 Å². The predicted molar refractivity (Wildman–Crippen MR) is 48.6 cm³/mol. The van der Waals surface area contributed by atoms with Gasteiger partial charge in [-0.3, -0.25) is 5.41 Å². The molecule has 0 aliphatic carbocycles. The second-order valence-electron chi connectivity index (χ2n) is 1.71. The maximum Gasteiger partial charge on any atom is 0.104 e. The molecule has 0 rings (SSSR count). The lowest BCUT2D eigenvalue weighted by Crippen LogP contribution is -2.05. The lowest BCUT2D eigenvalue weighted by Gasteiger charge is -2.00. The summed E-state index contributed by atoms with van der Waals surface area (Å²) in [7, 11) is 8.09. The van der Waals surface area contributed by atoms with E-state index in [-0.39, 0.29) is 0 Å². The van der Waals surface area contributed by atoms with E-state index in [0.29, 0.717) is 5.04 Å². The molecule has 2 N–H and O–H groups in total. The fraction of sp³-hybridized carbons (Fsp3) is 0.500. The summed E-state index contributed by atoms with van der Waals surface area (Å²) >= 11 is 0. The molecule has 0 aliphatic rings. The van der Waals surface area contributed by atoms with E-state index in [1.54, 1.807) is 6.08 Å². The minimum Gasteiger partial charge on any atom is -0.391 e. The summed E-state index contributed by atoms with van der Waals surface area (Å²) < 4.78 is 0. The third-order valence-electron chi connectivity index (χ3n) is 1.09. The average Bonchev–Trinajstić information content (AvgIpc) is 1.99. The molecule has 0 aliphatic heterocycles. The van der Waals surface area contributed by atoms with Crippen molar-refractivity contribution in [3.63, 3.8) is 0 Å². The average molecular weight is 179 g/mol. The number of hydrogen-bond donors (Lipinski definition) is 2. The van der Waals surface area contributed by atoms with Crippen LogP contribution in [-0.4, -0.2) is 12.1 Å². The highest BCUT2D eigenvalue weighted by molar-refractivity contribution is 8.33. The van der Waals surface area contributed by atoms with Crippen LogP contribution >= 0.6 is 21.7 Å². The Kier molecular flexibility index (Phi) is 5.54. The number of allylic oxidation sites excluding steroid dienone is 1. The normalized spacial score (nSPS) is 11.3. The molecule has 0 aromatic carbocycles. The van der Waals surface area contributed by atoms with Crippen LogP contribution in [-0.2, 0) is 0 Å². The molecule has 0 saturated carbocycles. The summed E-state index contributed by atoms with van der Waals surface area (Å²) in [6, 6.07) is 0. The second-order valence-corrected chi connectivity index (χ2v) is 2.77. The Balaban J connectivity index is 3.96. The molecule has 0 saturated heterocycles. The van der Waals surface area contributed by atoms with E-state index in [1.165, 1.54) is 0 Å². The first-order chi connectivity index (χ1) is 4.74. The lowest BCUT2D eigenvalue weighted by atomic mass is 10.3. The Hall–Kier alpha value is -0.150. The molecule has 2 nitrogen and oxygen atoms in total. The smallest absolute Gasteiger partial charge is 0.104 e. The molecular weight excluding hydrogens is 168 g/mol. The van der Waals surface area contributed by atoms with Crippen molar-refractivity contribution in [1.82, 2.24) is 5.32 Å². The zero-order valence-electron chi connectivity index (χ0n) is 6.07. The SMILES string of the molecule is CC/C(=C/C(=N)SCl)NC. The van der Waals surface area contributed by atoms with E-state index in [9.17, 15) is 0 Å². The topological polar surface area (TPSA) is 35.9 Å². The summed E-state index contributed by atoms with van der Waals surface area (Å²) in [6.45, 7) is 2.02.